The molecular weight excluding hydrogens is 182 g/mol. The minimum Gasteiger partial charge on any atom is -0.481 e. The molecule has 0 bridgehead atoms. The van der Waals surface area contributed by atoms with Gasteiger partial charge in [-0.25, -0.2) is 4.98 Å². The first-order valence-electron chi connectivity index (χ1n) is 2.85. The molecule has 0 unspecified atom stereocenters. The third-order valence-electron chi connectivity index (χ3n) is 0.619. The summed E-state index contributed by atoms with van der Waals surface area (Å²) in [6.45, 7) is 1.08. The number of nitrogens with zero attached hydrogens (tertiary/aromatic N) is 1. The molecule has 0 aliphatic carbocycles. The van der Waals surface area contributed by atoms with Crippen molar-refractivity contribution in [1.82, 2.24) is 4.98 Å². The number of thiazole rings is 1. The second kappa shape index (κ2) is 6.18. The van der Waals surface area contributed by atoms with Gasteiger partial charge in [0.25, 0.3) is 5.97 Å². The van der Waals surface area contributed by atoms with Crippen LogP contribution in [-0.2, 0) is 10.5 Å². The van der Waals surface area contributed by atoms with Gasteiger partial charge in [-0.3, -0.25) is 4.79 Å². The first-order chi connectivity index (χ1) is 5.16. The van der Waals surface area contributed by atoms with Crippen LogP contribution in [0.4, 0.5) is 0 Å². The number of carboxylic acid groups (broad SMARTS) is 1. The molecule has 0 amide bonds. The van der Waals surface area contributed by atoms with Crippen LogP contribution in [0.15, 0.2) is 11.6 Å². The van der Waals surface area contributed by atoms with Crippen LogP contribution in [0.25, 0.3) is 0 Å². The van der Waals surface area contributed by atoms with Crippen LogP contribution < -0.4 is 0 Å². The van der Waals surface area contributed by atoms with E-state index in [-0.39, 0.29) is 0 Å². The van der Waals surface area contributed by atoms with E-state index in [1.807, 2.05) is 5.38 Å². The number of hydrogen-bond donors (Lipinski definition) is 2. The molecule has 0 radical (unpaired) electrons. The summed E-state index contributed by atoms with van der Waals surface area (Å²) in [6, 6.07) is 0. The zero-order chi connectivity index (χ0) is 8.69. The summed E-state index contributed by atoms with van der Waals surface area (Å²) >= 11 is 5.66. The van der Waals surface area contributed by atoms with Crippen LogP contribution >= 0.6 is 24.0 Å². The highest BCUT2D eigenvalue weighted by molar-refractivity contribution is 7.79. The summed E-state index contributed by atoms with van der Waals surface area (Å²) in [5, 5.41) is 10.5. The maximum atomic E-state index is 9.00. The normalized spacial score (nSPS) is 8.18. The average Bonchev–Trinajstić information content (AvgIpc) is 2.36. The van der Waals surface area contributed by atoms with Gasteiger partial charge in [-0.05, 0) is 0 Å². The molecule has 1 aromatic heterocycles. The van der Waals surface area contributed by atoms with Gasteiger partial charge in [0.2, 0.25) is 0 Å². The van der Waals surface area contributed by atoms with Gasteiger partial charge in [0.15, 0.2) is 0 Å². The molecule has 0 aromatic carbocycles. The first kappa shape index (κ1) is 10.4. The largest absolute Gasteiger partial charge is 0.481 e. The maximum Gasteiger partial charge on any atom is 0.300 e. The van der Waals surface area contributed by atoms with Crippen molar-refractivity contribution < 1.29 is 9.90 Å². The number of aliphatic carboxylic acids is 1. The summed E-state index contributed by atoms with van der Waals surface area (Å²) in [4.78, 5) is 13.0. The third-order valence-corrected chi connectivity index (χ3v) is 1.91. The maximum absolute atomic E-state index is 9.00. The van der Waals surface area contributed by atoms with Gasteiger partial charge in [0.05, 0.1) is 0 Å². The van der Waals surface area contributed by atoms with E-state index < -0.39 is 5.97 Å². The van der Waals surface area contributed by atoms with E-state index in [0.29, 0.717) is 0 Å². The van der Waals surface area contributed by atoms with Gasteiger partial charge in [-0.1, -0.05) is 0 Å². The Morgan fingerprint density at radius 2 is 2.45 bits per heavy atom. The van der Waals surface area contributed by atoms with Gasteiger partial charge >= 0.3 is 0 Å². The standard InChI is InChI=1S/C4H5NS2.C2H4O2/c6-3-4-5-1-2-7-4;1-2(3)4/h1-2,6H,3H2;1H3,(H,3,4). The number of carboxylic acids is 1. The van der Waals surface area contributed by atoms with Gasteiger partial charge < -0.3 is 5.11 Å². The lowest BCUT2D eigenvalue weighted by atomic mass is 10.8. The average molecular weight is 191 g/mol. The summed E-state index contributed by atoms with van der Waals surface area (Å²) in [7, 11) is 0. The molecule has 0 aliphatic heterocycles. The zero-order valence-corrected chi connectivity index (χ0v) is 7.73. The third kappa shape index (κ3) is 7.35. The molecule has 5 heteroatoms. The molecule has 3 nitrogen and oxygen atoms in total. The molecule has 0 saturated carbocycles. The van der Waals surface area contributed by atoms with E-state index >= 15 is 0 Å². The monoisotopic (exact) mass is 191 g/mol. The summed E-state index contributed by atoms with van der Waals surface area (Å²) < 4.78 is 0. The SMILES string of the molecule is CC(=O)O.SCc1nccs1. The van der Waals surface area contributed by atoms with Gasteiger partial charge in [0.1, 0.15) is 5.01 Å². The Bertz CT molecular complexity index is 194. The van der Waals surface area contributed by atoms with Crippen LogP contribution in [0.3, 0.4) is 0 Å². The summed E-state index contributed by atoms with van der Waals surface area (Å²) in [5.41, 5.74) is 0. The highest BCUT2D eigenvalue weighted by atomic mass is 32.1. The van der Waals surface area contributed by atoms with E-state index in [4.69, 9.17) is 9.90 Å². The van der Waals surface area contributed by atoms with E-state index in [0.717, 1.165) is 17.7 Å². The summed E-state index contributed by atoms with van der Waals surface area (Å²) in [6.07, 6.45) is 1.79. The van der Waals surface area contributed by atoms with Gasteiger partial charge in [-0.15, -0.1) is 11.3 Å². The van der Waals surface area contributed by atoms with Crippen molar-refractivity contribution in [2.24, 2.45) is 0 Å². The van der Waals surface area contributed by atoms with Crippen molar-refractivity contribution in [2.75, 3.05) is 0 Å². The second-order valence-corrected chi connectivity index (χ2v) is 2.90. The Kier molecular flexibility index (Phi) is 5.87. The molecule has 62 valence electrons. The fourth-order valence-electron chi connectivity index (χ4n) is 0.331. The van der Waals surface area contributed by atoms with Crippen molar-refractivity contribution in [1.29, 1.82) is 0 Å². The van der Waals surface area contributed by atoms with E-state index in [1.54, 1.807) is 17.5 Å². The molecule has 0 spiro atoms. The molecule has 0 saturated heterocycles. The first-order valence-corrected chi connectivity index (χ1v) is 4.36. The Hall–Kier alpha value is -0.550. The van der Waals surface area contributed by atoms with E-state index in [1.165, 1.54) is 0 Å². The lowest BCUT2D eigenvalue weighted by molar-refractivity contribution is -0.134. The predicted molar refractivity (Wildman–Crippen MR) is 48.1 cm³/mol. The van der Waals surface area contributed by atoms with Gasteiger partial charge in [-0.2, -0.15) is 12.6 Å². The number of carbonyl (C=O) groups is 1. The molecular formula is C6H9NO2S2. The molecule has 0 fully saturated rings. The second-order valence-electron chi connectivity index (χ2n) is 1.60. The molecule has 1 N–H and O–H groups in total. The minimum absolute atomic E-state index is 0.762. The molecule has 1 aromatic rings. The minimum atomic E-state index is -0.833. The van der Waals surface area contributed by atoms with Crippen molar-refractivity contribution in [3.63, 3.8) is 0 Å². The Morgan fingerprint density at radius 1 is 1.91 bits per heavy atom. The smallest absolute Gasteiger partial charge is 0.300 e. The van der Waals surface area contributed by atoms with Crippen molar-refractivity contribution in [3.8, 4) is 0 Å². The quantitative estimate of drug-likeness (QED) is 0.664. The zero-order valence-electron chi connectivity index (χ0n) is 6.02. The van der Waals surface area contributed by atoms with Crippen LogP contribution in [0.1, 0.15) is 11.9 Å². The Labute approximate surface area is 74.5 Å². The number of thiol groups is 1. The van der Waals surface area contributed by atoms with Crippen LogP contribution in [0.5, 0.6) is 0 Å². The molecule has 1 rings (SSSR count). The van der Waals surface area contributed by atoms with Crippen molar-refractivity contribution in [3.05, 3.63) is 16.6 Å². The van der Waals surface area contributed by atoms with Crippen molar-refractivity contribution >= 4 is 29.9 Å². The number of aromatic nitrogens is 1. The van der Waals surface area contributed by atoms with E-state index in [9.17, 15) is 0 Å². The Morgan fingerprint density at radius 3 is 2.64 bits per heavy atom. The van der Waals surface area contributed by atoms with Crippen LogP contribution in [0.2, 0.25) is 0 Å². The number of rotatable bonds is 1. The van der Waals surface area contributed by atoms with Crippen molar-refractivity contribution in [2.45, 2.75) is 12.7 Å². The Balaban J connectivity index is 0.000000218. The fourth-order valence-corrected chi connectivity index (χ4v) is 1.11. The van der Waals surface area contributed by atoms with Crippen LogP contribution in [0, 0.1) is 0 Å². The van der Waals surface area contributed by atoms with Crippen LogP contribution in [-0.4, -0.2) is 16.1 Å². The topological polar surface area (TPSA) is 50.2 Å². The molecule has 0 aliphatic rings. The van der Waals surface area contributed by atoms with Gasteiger partial charge in [0, 0.05) is 24.3 Å². The summed E-state index contributed by atoms with van der Waals surface area (Å²) in [5.74, 6) is -0.0718. The lowest BCUT2D eigenvalue weighted by Crippen LogP contribution is -1.78. The van der Waals surface area contributed by atoms with E-state index in [2.05, 4.69) is 17.6 Å². The lowest BCUT2D eigenvalue weighted by Gasteiger charge is -1.76. The fraction of sp³-hybridized carbons (Fsp3) is 0.333. The predicted octanol–water partition coefficient (Wildman–Crippen LogP) is 1.66. The highest BCUT2D eigenvalue weighted by Gasteiger charge is 1.85. The molecule has 0 atom stereocenters. The molecule has 1 heterocycles. The highest BCUT2D eigenvalue weighted by Crippen LogP contribution is 2.05. The molecule has 11 heavy (non-hydrogen) atoms. The number of hydrogen-bond acceptors (Lipinski definition) is 4.